The largest absolute Gasteiger partial charge is 0.313 e. The molecular formula is C15H24ClN. The van der Waals surface area contributed by atoms with Crippen molar-refractivity contribution in [2.45, 2.75) is 51.5 Å². The van der Waals surface area contributed by atoms with Gasteiger partial charge in [0, 0.05) is 11.9 Å². The lowest BCUT2D eigenvalue weighted by atomic mass is 10.0. The maximum absolute atomic E-state index is 6.06. The van der Waals surface area contributed by atoms with Gasteiger partial charge >= 0.3 is 0 Å². The van der Waals surface area contributed by atoms with Gasteiger partial charge in [0.05, 0.1) is 0 Å². The van der Waals surface area contributed by atoms with Gasteiger partial charge in [-0.2, -0.15) is 0 Å². The van der Waals surface area contributed by atoms with Crippen LogP contribution in [0.4, 0.5) is 0 Å². The third-order valence-corrected chi connectivity index (χ3v) is 3.58. The summed E-state index contributed by atoms with van der Waals surface area (Å²) in [5, 5.41) is 3.74. The van der Waals surface area contributed by atoms with E-state index in [-0.39, 0.29) is 0 Å². The van der Waals surface area contributed by atoms with Crippen molar-refractivity contribution >= 4 is 11.6 Å². The number of hydrogen-bond donors (Lipinski definition) is 1. The lowest BCUT2D eigenvalue weighted by molar-refractivity contribution is 0.621. The summed E-state index contributed by atoms with van der Waals surface area (Å²) in [7, 11) is 0. The van der Waals surface area contributed by atoms with Crippen molar-refractivity contribution in [2.24, 2.45) is 0 Å². The van der Waals surface area contributed by atoms with Gasteiger partial charge in [0.25, 0.3) is 0 Å². The smallest absolute Gasteiger partial charge is 0.0345 e. The van der Waals surface area contributed by atoms with Gasteiger partial charge in [-0.25, -0.2) is 0 Å². The molecule has 1 aromatic rings. The highest BCUT2D eigenvalue weighted by atomic mass is 35.5. The van der Waals surface area contributed by atoms with Gasteiger partial charge in [-0.3, -0.25) is 0 Å². The fourth-order valence-corrected chi connectivity index (χ4v) is 1.83. The minimum Gasteiger partial charge on any atom is -0.313 e. The number of alkyl halides is 1. The summed E-state index contributed by atoms with van der Waals surface area (Å²) in [5.41, 5.74) is 2.75. The molecule has 0 fully saturated rings. The van der Waals surface area contributed by atoms with Crippen LogP contribution in [0.5, 0.6) is 0 Å². The van der Waals surface area contributed by atoms with Crippen molar-refractivity contribution in [3.63, 3.8) is 0 Å². The summed E-state index contributed by atoms with van der Waals surface area (Å²) in [6, 6.07) is 8.86. The Labute approximate surface area is 111 Å². The van der Waals surface area contributed by atoms with E-state index in [1.54, 1.807) is 0 Å². The zero-order chi connectivity index (χ0) is 12.7. The first kappa shape index (κ1) is 14.5. The highest BCUT2D eigenvalue weighted by molar-refractivity contribution is 6.20. The SMILES string of the molecule is CCC(Cl)CCNCc1ccc(C(C)C)cc1. The van der Waals surface area contributed by atoms with E-state index >= 15 is 0 Å². The molecular weight excluding hydrogens is 230 g/mol. The highest BCUT2D eigenvalue weighted by Crippen LogP contribution is 2.14. The van der Waals surface area contributed by atoms with E-state index < -0.39 is 0 Å². The van der Waals surface area contributed by atoms with E-state index in [4.69, 9.17) is 11.6 Å². The van der Waals surface area contributed by atoms with Gasteiger partial charge in [0.15, 0.2) is 0 Å². The first-order valence-electron chi connectivity index (χ1n) is 6.57. The van der Waals surface area contributed by atoms with Crippen LogP contribution >= 0.6 is 11.6 Å². The van der Waals surface area contributed by atoms with E-state index in [0.29, 0.717) is 11.3 Å². The Morgan fingerprint density at radius 2 is 1.82 bits per heavy atom. The van der Waals surface area contributed by atoms with Crippen molar-refractivity contribution in [2.75, 3.05) is 6.54 Å². The second-order valence-corrected chi connectivity index (χ2v) is 5.48. The topological polar surface area (TPSA) is 12.0 Å². The Bertz CT molecular complexity index is 305. The molecule has 0 aliphatic heterocycles. The quantitative estimate of drug-likeness (QED) is 0.564. The van der Waals surface area contributed by atoms with Crippen LogP contribution in [0, 0.1) is 0 Å². The predicted molar refractivity (Wildman–Crippen MR) is 76.8 cm³/mol. The lowest BCUT2D eigenvalue weighted by Crippen LogP contribution is -2.17. The number of rotatable bonds is 7. The van der Waals surface area contributed by atoms with Crippen molar-refractivity contribution < 1.29 is 0 Å². The Balaban J connectivity index is 2.28. The van der Waals surface area contributed by atoms with Gasteiger partial charge in [-0.05, 0) is 36.4 Å². The molecule has 1 atom stereocenters. The third-order valence-electron chi connectivity index (χ3n) is 3.05. The minimum atomic E-state index is 0.311. The van der Waals surface area contributed by atoms with Gasteiger partial charge in [0.1, 0.15) is 0 Å². The van der Waals surface area contributed by atoms with Crippen LogP contribution in [0.2, 0.25) is 0 Å². The van der Waals surface area contributed by atoms with E-state index in [1.165, 1.54) is 11.1 Å². The summed E-state index contributed by atoms with van der Waals surface area (Å²) in [4.78, 5) is 0. The van der Waals surface area contributed by atoms with Gasteiger partial charge in [-0.15, -0.1) is 11.6 Å². The average molecular weight is 254 g/mol. The van der Waals surface area contributed by atoms with Crippen LogP contribution in [0.15, 0.2) is 24.3 Å². The van der Waals surface area contributed by atoms with Crippen LogP contribution < -0.4 is 5.32 Å². The van der Waals surface area contributed by atoms with Gasteiger partial charge in [-0.1, -0.05) is 45.0 Å². The summed E-state index contributed by atoms with van der Waals surface area (Å²) < 4.78 is 0. The van der Waals surface area contributed by atoms with Gasteiger partial charge in [0.2, 0.25) is 0 Å². The van der Waals surface area contributed by atoms with Crippen molar-refractivity contribution in [3.8, 4) is 0 Å². The highest BCUT2D eigenvalue weighted by Gasteiger charge is 2.01. The molecule has 0 saturated carbocycles. The summed E-state index contributed by atoms with van der Waals surface area (Å²) in [6.45, 7) is 8.50. The molecule has 1 unspecified atom stereocenters. The second kappa shape index (κ2) is 7.73. The first-order chi connectivity index (χ1) is 8.13. The molecule has 0 radical (unpaired) electrons. The molecule has 1 aromatic carbocycles. The predicted octanol–water partition coefficient (Wildman–Crippen LogP) is 4.31. The fourth-order valence-electron chi connectivity index (χ4n) is 1.72. The molecule has 0 saturated heterocycles. The van der Waals surface area contributed by atoms with E-state index in [0.717, 1.165) is 25.9 Å². The van der Waals surface area contributed by atoms with Crippen molar-refractivity contribution in [3.05, 3.63) is 35.4 Å². The molecule has 2 heteroatoms. The van der Waals surface area contributed by atoms with Crippen LogP contribution in [0.3, 0.4) is 0 Å². The average Bonchev–Trinajstić information content (AvgIpc) is 2.34. The summed E-state index contributed by atoms with van der Waals surface area (Å²) >= 11 is 6.06. The fraction of sp³-hybridized carbons (Fsp3) is 0.600. The van der Waals surface area contributed by atoms with Crippen LogP contribution in [-0.4, -0.2) is 11.9 Å². The zero-order valence-corrected chi connectivity index (χ0v) is 11.9. The Kier molecular flexibility index (Phi) is 6.61. The number of nitrogens with one attached hydrogen (secondary N) is 1. The summed E-state index contributed by atoms with van der Waals surface area (Å²) in [6.07, 6.45) is 2.09. The minimum absolute atomic E-state index is 0.311. The Morgan fingerprint density at radius 3 is 2.35 bits per heavy atom. The number of halogens is 1. The molecule has 96 valence electrons. The molecule has 0 amide bonds. The molecule has 0 heterocycles. The molecule has 1 nitrogen and oxygen atoms in total. The number of hydrogen-bond acceptors (Lipinski definition) is 1. The first-order valence-corrected chi connectivity index (χ1v) is 7.00. The molecule has 17 heavy (non-hydrogen) atoms. The molecule has 1 N–H and O–H groups in total. The number of benzene rings is 1. The molecule has 0 spiro atoms. The maximum atomic E-state index is 6.06. The van der Waals surface area contributed by atoms with Crippen molar-refractivity contribution in [1.82, 2.24) is 5.32 Å². The van der Waals surface area contributed by atoms with Crippen LogP contribution in [0.1, 0.15) is 50.7 Å². The normalized spacial score (nSPS) is 13.0. The van der Waals surface area contributed by atoms with Crippen molar-refractivity contribution in [1.29, 1.82) is 0 Å². The Morgan fingerprint density at radius 1 is 1.18 bits per heavy atom. The zero-order valence-electron chi connectivity index (χ0n) is 11.2. The van der Waals surface area contributed by atoms with E-state index in [1.807, 2.05) is 0 Å². The van der Waals surface area contributed by atoms with Gasteiger partial charge < -0.3 is 5.32 Å². The standard InChI is InChI=1S/C15H24ClN/c1-4-15(16)9-10-17-11-13-5-7-14(8-6-13)12(2)3/h5-8,12,15,17H,4,9-11H2,1-3H3. The maximum Gasteiger partial charge on any atom is 0.0345 e. The lowest BCUT2D eigenvalue weighted by Gasteiger charge is -2.09. The van der Waals surface area contributed by atoms with E-state index in [2.05, 4.69) is 50.4 Å². The second-order valence-electron chi connectivity index (χ2n) is 4.87. The molecule has 0 aliphatic carbocycles. The Hall–Kier alpha value is -0.530. The monoisotopic (exact) mass is 253 g/mol. The molecule has 0 aromatic heterocycles. The van der Waals surface area contributed by atoms with E-state index in [9.17, 15) is 0 Å². The summed E-state index contributed by atoms with van der Waals surface area (Å²) in [5.74, 6) is 0.610. The third kappa shape index (κ3) is 5.56. The molecule has 0 bridgehead atoms. The molecule has 0 aliphatic rings. The van der Waals surface area contributed by atoms with Crippen LogP contribution in [0.25, 0.3) is 0 Å². The molecule has 1 rings (SSSR count). The van der Waals surface area contributed by atoms with Crippen LogP contribution in [-0.2, 0) is 6.54 Å².